The molecular weight excluding hydrogens is 240 g/mol. The predicted octanol–water partition coefficient (Wildman–Crippen LogP) is 1.21. The zero-order valence-corrected chi connectivity index (χ0v) is 11.5. The largest absolute Gasteiger partial charge is 0.497 e. The molecule has 2 aliphatic heterocycles. The number of nitrogens with one attached hydrogen (secondary N) is 1. The van der Waals surface area contributed by atoms with Gasteiger partial charge in [-0.2, -0.15) is 0 Å². The van der Waals surface area contributed by atoms with Crippen molar-refractivity contribution >= 4 is 0 Å². The van der Waals surface area contributed by atoms with Crippen molar-refractivity contribution in [1.82, 2.24) is 10.2 Å². The minimum Gasteiger partial charge on any atom is -0.497 e. The van der Waals surface area contributed by atoms with E-state index in [0.29, 0.717) is 6.04 Å². The maximum Gasteiger partial charge on any atom is 0.119 e. The van der Waals surface area contributed by atoms with E-state index >= 15 is 0 Å². The van der Waals surface area contributed by atoms with E-state index in [2.05, 4.69) is 28.4 Å². The van der Waals surface area contributed by atoms with Gasteiger partial charge in [-0.1, -0.05) is 6.07 Å². The van der Waals surface area contributed by atoms with Gasteiger partial charge in [0.2, 0.25) is 0 Å². The van der Waals surface area contributed by atoms with Crippen LogP contribution in [0.2, 0.25) is 0 Å². The summed E-state index contributed by atoms with van der Waals surface area (Å²) in [5.74, 6) is 0.964. The highest BCUT2D eigenvalue weighted by molar-refractivity contribution is 5.39. The molecule has 1 aromatic rings. The van der Waals surface area contributed by atoms with Gasteiger partial charge in [0, 0.05) is 25.7 Å². The van der Waals surface area contributed by atoms with Crippen LogP contribution in [0.3, 0.4) is 0 Å². The van der Waals surface area contributed by atoms with Gasteiger partial charge in [-0.25, -0.2) is 0 Å². The van der Waals surface area contributed by atoms with Crippen LogP contribution >= 0.6 is 0 Å². The fraction of sp³-hybridized carbons (Fsp3) is 0.600. The van der Waals surface area contributed by atoms with Crippen molar-refractivity contribution in [1.29, 1.82) is 0 Å². The Morgan fingerprint density at radius 2 is 2.21 bits per heavy atom. The molecule has 0 spiro atoms. The van der Waals surface area contributed by atoms with Gasteiger partial charge in [0.05, 0.1) is 20.3 Å². The number of rotatable bonds is 3. The van der Waals surface area contributed by atoms with Gasteiger partial charge in [-0.15, -0.1) is 0 Å². The minimum atomic E-state index is 0.438. The van der Waals surface area contributed by atoms with Crippen LogP contribution in [0.5, 0.6) is 5.75 Å². The number of morpholine rings is 1. The van der Waals surface area contributed by atoms with E-state index in [9.17, 15) is 0 Å². The molecule has 1 aromatic carbocycles. The lowest BCUT2D eigenvalue weighted by Crippen LogP contribution is -2.43. The van der Waals surface area contributed by atoms with Crippen LogP contribution in [-0.2, 0) is 11.2 Å². The first-order valence-corrected chi connectivity index (χ1v) is 7.07. The number of nitrogens with zero attached hydrogens (tertiary/aromatic N) is 1. The monoisotopic (exact) mass is 262 g/mol. The summed E-state index contributed by atoms with van der Waals surface area (Å²) in [6.45, 7) is 5.94. The third kappa shape index (κ3) is 2.91. The third-order valence-corrected chi connectivity index (χ3v) is 4.06. The summed E-state index contributed by atoms with van der Waals surface area (Å²) < 4.78 is 10.7. The second-order valence-corrected chi connectivity index (χ2v) is 5.23. The summed E-state index contributed by atoms with van der Waals surface area (Å²) in [5, 5.41) is 3.64. The zero-order chi connectivity index (χ0) is 13.1. The lowest BCUT2D eigenvalue weighted by molar-refractivity contribution is 0.0331. The maximum absolute atomic E-state index is 5.41. The molecule has 2 heterocycles. The second kappa shape index (κ2) is 5.90. The van der Waals surface area contributed by atoms with Crippen LogP contribution in [0.25, 0.3) is 0 Å². The molecule has 1 atom stereocenters. The SMILES string of the molecule is COc1ccc2c(c1)CCN[C@H]2CN1CCOCC1. The van der Waals surface area contributed by atoms with Crippen molar-refractivity contribution in [2.24, 2.45) is 0 Å². The second-order valence-electron chi connectivity index (χ2n) is 5.23. The molecule has 1 saturated heterocycles. The molecule has 3 rings (SSSR count). The zero-order valence-electron chi connectivity index (χ0n) is 11.5. The molecule has 0 aromatic heterocycles. The van der Waals surface area contributed by atoms with Gasteiger partial charge in [0.1, 0.15) is 5.75 Å². The Kier molecular flexibility index (Phi) is 4.01. The van der Waals surface area contributed by atoms with Crippen molar-refractivity contribution in [2.75, 3.05) is 46.5 Å². The van der Waals surface area contributed by atoms with Crippen LogP contribution in [0.1, 0.15) is 17.2 Å². The molecule has 4 nitrogen and oxygen atoms in total. The van der Waals surface area contributed by atoms with Gasteiger partial charge in [-0.3, -0.25) is 4.90 Å². The molecule has 2 aliphatic rings. The molecular formula is C15H22N2O2. The fourth-order valence-electron chi connectivity index (χ4n) is 2.96. The molecule has 104 valence electrons. The first-order valence-electron chi connectivity index (χ1n) is 7.07. The third-order valence-electron chi connectivity index (χ3n) is 4.06. The Bertz CT molecular complexity index is 430. The average molecular weight is 262 g/mol. The van der Waals surface area contributed by atoms with Crippen LogP contribution in [0, 0.1) is 0 Å². The van der Waals surface area contributed by atoms with Gasteiger partial charge in [-0.05, 0) is 36.2 Å². The normalized spacial score (nSPS) is 23.9. The maximum atomic E-state index is 5.41. The summed E-state index contributed by atoms with van der Waals surface area (Å²) in [6.07, 6.45) is 1.09. The Balaban J connectivity index is 1.74. The topological polar surface area (TPSA) is 33.7 Å². The van der Waals surface area contributed by atoms with E-state index in [-0.39, 0.29) is 0 Å². The quantitative estimate of drug-likeness (QED) is 0.888. The Labute approximate surface area is 114 Å². The van der Waals surface area contributed by atoms with E-state index < -0.39 is 0 Å². The summed E-state index contributed by atoms with van der Waals surface area (Å²) in [4.78, 5) is 2.49. The lowest BCUT2D eigenvalue weighted by atomic mass is 9.93. The van der Waals surface area contributed by atoms with E-state index in [1.54, 1.807) is 7.11 Å². The van der Waals surface area contributed by atoms with Crippen LogP contribution < -0.4 is 10.1 Å². The molecule has 0 radical (unpaired) electrons. The number of hydrogen-bond acceptors (Lipinski definition) is 4. The van der Waals surface area contributed by atoms with Gasteiger partial charge < -0.3 is 14.8 Å². The fourth-order valence-corrected chi connectivity index (χ4v) is 2.96. The van der Waals surface area contributed by atoms with Crippen LogP contribution in [0.15, 0.2) is 18.2 Å². The molecule has 0 amide bonds. The van der Waals surface area contributed by atoms with E-state index in [1.165, 1.54) is 11.1 Å². The van der Waals surface area contributed by atoms with Crippen LogP contribution in [-0.4, -0.2) is 51.4 Å². The Hall–Kier alpha value is -1.10. The van der Waals surface area contributed by atoms with Gasteiger partial charge >= 0.3 is 0 Å². The first kappa shape index (κ1) is 12.9. The molecule has 4 heteroatoms. The lowest BCUT2D eigenvalue weighted by Gasteiger charge is -2.34. The molecule has 0 unspecified atom stereocenters. The van der Waals surface area contributed by atoms with E-state index in [1.807, 2.05) is 0 Å². The minimum absolute atomic E-state index is 0.438. The summed E-state index contributed by atoms with van der Waals surface area (Å²) >= 11 is 0. The molecule has 0 saturated carbocycles. The number of fused-ring (bicyclic) bond motifs is 1. The summed E-state index contributed by atoms with van der Waals surface area (Å²) in [5.41, 5.74) is 2.86. The molecule has 0 bridgehead atoms. The number of ether oxygens (including phenoxy) is 2. The van der Waals surface area contributed by atoms with Crippen molar-refractivity contribution in [2.45, 2.75) is 12.5 Å². The van der Waals surface area contributed by atoms with Crippen molar-refractivity contribution < 1.29 is 9.47 Å². The smallest absolute Gasteiger partial charge is 0.119 e. The molecule has 1 N–H and O–H groups in total. The predicted molar refractivity (Wildman–Crippen MR) is 74.7 cm³/mol. The number of methoxy groups -OCH3 is 1. The molecule has 19 heavy (non-hydrogen) atoms. The van der Waals surface area contributed by atoms with Crippen LogP contribution in [0.4, 0.5) is 0 Å². The highest BCUT2D eigenvalue weighted by atomic mass is 16.5. The summed E-state index contributed by atoms with van der Waals surface area (Å²) in [6, 6.07) is 6.90. The summed E-state index contributed by atoms with van der Waals surface area (Å²) in [7, 11) is 1.73. The Morgan fingerprint density at radius 1 is 1.37 bits per heavy atom. The van der Waals surface area contributed by atoms with Crippen molar-refractivity contribution in [3.63, 3.8) is 0 Å². The number of benzene rings is 1. The highest BCUT2D eigenvalue weighted by Gasteiger charge is 2.23. The molecule has 0 aliphatic carbocycles. The standard InChI is InChI=1S/C15H22N2O2/c1-18-13-2-3-14-12(10-13)4-5-16-15(14)11-17-6-8-19-9-7-17/h2-3,10,15-16H,4-9,11H2,1H3/t15-/m0/s1. The highest BCUT2D eigenvalue weighted by Crippen LogP contribution is 2.27. The van der Waals surface area contributed by atoms with E-state index in [4.69, 9.17) is 9.47 Å². The van der Waals surface area contributed by atoms with Gasteiger partial charge in [0.15, 0.2) is 0 Å². The van der Waals surface area contributed by atoms with Gasteiger partial charge in [0.25, 0.3) is 0 Å². The van der Waals surface area contributed by atoms with Crippen molar-refractivity contribution in [3.05, 3.63) is 29.3 Å². The molecule has 1 fully saturated rings. The Morgan fingerprint density at radius 3 is 3.00 bits per heavy atom. The average Bonchev–Trinajstić information content (AvgIpc) is 2.48. The van der Waals surface area contributed by atoms with Crippen molar-refractivity contribution in [3.8, 4) is 5.75 Å². The van der Waals surface area contributed by atoms with E-state index in [0.717, 1.165) is 51.6 Å². The first-order chi connectivity index (χ1) is 9.36. The number of hydrogen-bond donors (Lipinski definition) is 1.